The fourth-order valence-electron chi connectivity index (χ4n) is 2.07. The zero-order valence-corrected chi connectivity index (χ0v) is 11.1. The maximum absolute atomic E-state index is 6.21. The predicted molar refractivity (Wildman–Crippen MR) is 71.1 cm³/mol. The van der Waals surface area contributed by atoms with Gasteiger partial charge in [0.15, 0.2) is 0 Å². The van der Waals surface area contributed by atoms with Gasteiger partial charge < -0.3 is 14.9 Å². The molecule has 2 unspecified atom stereocenters. The first-order valence-corrected chi connectivity index (χ1v) is 7.27. The van der Waals surface area contributed by atoms with Crippen LogP contribution in [0.25, 0.3) is 0 Å². The van der Waals surface area contributed by atoms with E-state index in [2.05, 4.69) is 6.92 Å². The van der Waals surface area contributed by atoms with Crippen molar-refractivity contribution in [3.8, 4) is 0 Å². The number of ether oxygens (including phenoxy) is 1. The second-order valence-corrected chi connectivity index (χ2v) is 5.90. The van der Waals surface area contributed by atoms with Crippen molar-refractivity contribution in [2.24, 2.45) is 5.73 Å². The monoisotopic (exact) mass is 255 g/mol. The highest BCUT2D eigenvalue weighted by molar-refractivity contribution is 8.00. The van der Waals surface area contributed by atoms with E-state index < -0.39 is 0 Å². The molecule has 1 aromatic rings. The minimum absolute atomic E-state index is 0.161. The third kappa shape index (κ3) is 3.50. The minimum atomic E-state index is 0.161. The summed E-state index contributed by atoms with van der Waals surface area (Å²) >= 11 is 1.96. The van der Waals surface area contributed by atoms with Crippen molar-refractivity contribution in [2.45, 2.75) is 42.7 Å². The Morgan fingerprint density at radius 2 is 2.24 bits per heavy atom. The van der Waals surface area contributed by atoms with E-state index in [9.17, 15) is 0 Å². The van der Waals surface area contributed by atoms with Gasteiger partial charge in [0.1, 0.15) is 5.76 Å². The van der Waals surface area contributed by atoms with Crippen LogP contribution in [0.5, 0.6) is 0 Å². The molecule has 1 aliphatic rings. The summed E-state index contributed by atoms with van der Waals surface area (Å²) in [6, 6.07) is 4.14. The average molecular weight is 255 g/mol. The standard InChI is InChI=1S/C13H21NO2S/c1-2-11(14)13(12-4-3-7-16-12)17-10-5-8-15-9-6-10/h3-4,7,10-11,13H,2,5-6,8-9,14H2,1H3. The third-order valence-electron chi connectivity index (χ3n) is 3.19. The van der Waals surface area contributed by atoms with Crippen molar-refractivity contribution < 1.29 is 9.15 Å². The van der Waals surface area contributed by atoms with Crippen molar-refractivity contribution in [1.82, 2.24) is 0 Å². The van der Waals surface area contributed by atoms with Crippen molar-refractivity contribution in [2.75, 3.05) is 13.2 Å². The van der Waals surface area contributed by atoms with Crippen LogP contribution in [0.1, 0.15) is 37.2 Å². The van der Waals surface area contributed by atoms with Gasteiger partial charge in [-0.3, -0.25) is 0 Å². The number of thioether (sulfide) groups is 1. The Bertz CT molecular complexity index is 309. The number of furan rings is 1. The van der Waals surface area contributed by atoms with E-state index in [1.165, 1.54) is 0 Å². The molecule has 0 radical (unpaired) electrons. The summed E-state index contributed by atoms with van der Waals surface area (Å²) in [7, 11) is 0. The molecule has 3 nitrogen and oxygen atoms in total. The van der Waals surface area contributed by atoms with Gasteiger partial charge in [-0.25, -0.2) is 0 Å². The van der Waals surface area contributed by atoms with Crippen LogP contribution in [0.15, 0.2) is 22.8 Å². The van der Waals surface area contributed by atoms with Crippen LogP contribution in [0.4, 0.5) is 0 Å². The molecule has 0 saturated carbocycles. The van der Waals surface area contributed by atoms with Gasteiger partial charge in [-0.05, 0) is 31.4 Å². The molecule has 1 aromatic heterocycles. The van der Waals surface area contributed by atoms with E-state index >= 15 is 0 Å². The Hall–Kier alpha value is -0.450. The molecule has 0 spiro atoms. The molecular weight excluding hydrogens is 234 g/mol. The highest BCUT2D eigenvalue weighted by Gasteiger charge is 2.26. The molecule has 2 rings (SSSR count). The van der Waals surface area contributed by atoms with Gasteiger partial charge >= 0.3 is 0 Å². The first kappa shape index (κ1) is 13.0. The van der Waals surface area contributed by atoms with Crippen LogP contribution in [0.3, 0.4) is 0 Å². The predicted octanol–water partition coefficient (Wildman–Crippen LogP) is 2.97. The Morgan fingerprint density at radius 1 is 1.47 bits per heavy atom. The highest BCUT2D eigenvalue weighted by Crippen LogP contribution is 2.38. The normalized spacial score (nSPS) is 21.3. The summed E-state index contributed by atoms with van der Waals surface area (Å²) < 4.78 is 10.9. The summed E-state index contributed by atoms with van der Waals surface area (Å²) in [6.45, 7) is 3.89. The molecule has 2 atom stereocenters. The summed E-state index contributed by atoms with van der Waals surface area (Å²) in [5.74, 6) is 1.01. The zero-order valence-electron chi connectivity index (χ0n) is 10.3. The van der Waals surface area contributed by atoms with Crippen molar-refractivity contribution in [3.05, 3.63) is 24.2 Å². The largest absolute Gasteiger partial charge is 0.468 e. The second kappa shape index (κ2) is 6.47. The molecule has 0 bridgehead atoms. The summed E-state index contributed by atoms with van der Waals surface area (Å²) in [6.07, 6.45) is 4.95. The topological polar surface area (TPSA) is 48.4 Å². The molecule has 2 heterocycles. The van der Waals surface area contributed by atoms with E-state index in [0.29, 0.717) is 5.25 Å². The van der Waals surface area contributed by atoms with Gasteiger partial charge in [0, 0.05) is 24.5 Å². The Morgan fingerprint density at radius 3 is 2.82 bits per heavy atom. The maximum atomic E-state index is 6.21. The summed E-state index contributed by atoms with van der Waals surface area (Å²) in [4.78, 5) is 0. The van der Waals surface area contributed by atoms with E-state index in [1.807, 2.05) is 23.9 Å². The highest BCUT2D eigenvalue weighted by atomic mass is 32.2. The van der Waals surface area contributed by atoms with E-state index in [4.69, 9.17) is 14.9 Å². The Kier molecular flexibility index (Phi) is 4.95. The van der Waals surface area contributed by atoms with E-state index in [0.717, 1.165) is 38.2 Å². The van der Waals surface area contributed by atoms with Crippen LogP contribution in [-0.4, -0.2) is 24.5 Å². The number of nitrogens with two attached hydrogens (primary N) is 1. The van der Waals surface area contributed by atoms with E-state index in [-0.39, 0.29) is 11.3 Å². The fourth-order valence-corrected chi connectivity index (χ4v) is 3.61. The van der Waals surface area contributed by atoms with Crippen molar-refractivity contribution in [3.63, 3.8) is 0 Å². The number of hydrogen-bond donors (Lipinski definition) is 1. The Balaban J connectivity index is 2.00. The first-order valence-electron chi connectivity index (χ1n) is 6.33. The minimum Gasteiger partial charge on any atom is -0.468 e. The summed E-state index contributed by atoms with van der Waals surface area (Å²) in [5.41, 5.74) is 6.21. The lowest BCUT2D eigenvalue weighted by Gasteiger charge is -2.28. The van der Waals surface area contributed by atoms with Crippen molar-refractivity contribution in [1.29, 1.82) is 0 Å². The molecular formula is C13H21NO2S. The lowest BCUT2D eigenvalue weighted by Crippen LogP contribution is -2.28. The maximum Gasteiger partial charge on any atom is 0.118 e. The molecule has 2 N–H and O–H groups in total. The van der Waals surface area contributed by atoms with Gasteiger partial charge in [0.25, 0.3) is 0 Å². The van der Waals surface area contributed by atoms with Gasteiger partial charge in [-0.15, -0.1) is 11.8 Å². The lowest BCUT2D eigenvalue weighted by atomic mass is 10.1. The van der Waals surface area contributed by atoms with E-state index in [1.54, 1.807) is 6.26 Å². The van der Waals surface area contributed by atoms with Crippen LogP contribution in [-0.2, 0) is 4.74 Å². The second-order valence-electron chi connectivity index (χ2n) is 4.46. The molecule has 4 heteroatoms. The van der Waals surface area contributed by atoms with Gasteiger partial charge in [0.2, 0.25) is 0 Å². The SMILES string of the molecule is CCC(N)C(SC1CCOCC1)c1ccco1. The number of hydrogen-bond acceptors (Lipinski definition) is 4. The molecule has 0 aliphatic carbocycles. The molecule has 0 aromatic carbocycles. The van der Waals surface area contributed by atoms with Crippen LogP contribution in [0.2, 0.25) is 0 Å². The molecule has 96 valence electrons. The van der Waals surface area contributed by atoms with Crippen molar-refractivity contribution >= 4 is 11.8 Å². The smallest absolute Gasteiger partial charge is 0.118 e. The average Bonchev–Trinajstić information content (AvgIpc) is 2.90. The lowest BCUT2D eigenvalue weighted by molar-refractivity contribution is 0.0998. The van der Waals surface area contributed by atoms with Crippen LogP contribution >= 0.6 is 11.8 Å². The van der Waals surface area contributed by atoms with Gasteiger partial charge in [-0.2, -0.15) is 0 Å². The number of rotatable bonds is 5. The molecule has 0 amide bonds. The summed E-state index contributed by atoms with van der Waals surface area (Å²) in [5, 5.41) is 0.926. The molecule has 17 heavy (non-hydrogen) atoms. The Labute approximate surface area is 107 Å². The van der Waals surface area contributed by atoms with Gasteiger partial charge in [0.05, 0.1) is 11.5 Å². The van der Waals surface area contributed by atoms with Crippen LogP contribution < -0.4 is 5.73 Å². The first-order chi connectivity index (χ1) is 8.31. The zero-order chi connectivity index (χ0) is 12.1. The molecule has 1 fully saturated rings. The molecule has 1 saturated heterocycles. The molecule has 1 aliphatic heterocycles. The quantitative estimate of drug-likeness (QED) is 0.878. The fraction of sp³-hybridized carbons (Fsp3) is 0.692. The van der Waals surface area contributed by atoms with Crippen LogP contribution in [0, 0.1) is 0 Å². The van der Waals surface area contributed by atoms with Gasteiger partial charge in [-0.1, -0.05) is 6.92 Å². The third-order valence-corrected chi connectivity index (χ3v) is 4.92.